The maximum absolute atomic E-state index is 12.5. The van der Waals surface area contributed by atoms with Gasteiger partial charge in [-0.1, -0.05) is 70.5 Å². The first-order valence-electron chi connectivity index (χ1n) is 21.1. The van der Waals surface area contributed by atoms with Crippen LogP contribution in [0.5, 0.6) is 0 Å². The molecule has 346 valence electrons. The summed E-state index contributed by atoms with van der Waals surface area (Å²) in [7, 11) is -8.96. The van der Waals surface area contributed by atoms with Crippen molar-refractivity contribution in [2.45, 2.75) is 93.8 Å². The summed E-state index contributed by atoms with van der Waals surface area (Å²) in [5.74, 6) is -1.01. The predicted molar refractivity (Wildman–Crippen MR) is 248 cm³/mol. The molecule has 2 heterocycles. The topological polar surface area (TPSA) is 234 Å². The maximum Gasteiger partial charge on any atom is 0.294 e. The summed E-state index contributed by atoms with van der Waals surface area (Å²) in [5, 5.41) is 13.8. The zero-order chi connectivity index (χ0) is 47.7. The molecule has 0 spiro atoms. The number of anilines is 1. The van der Waals surface area contributed by atoms with E-state index in [1.165, 1.54) is 48.6 Å². The number of non-ortho nitro benzene ring substituents is 1. The Morgan fingerprint density at radius 2 is 1.49 bits per heavy atom. The molecule has 0 saturated heterocycles. The molecule has 0 saturated carbocycles. The molecule has 16 nitrogen and oxygen atoms in total. The number of unbranched alkanes of at least 4 members (excludes halogenated alkanes) is 2. The van der Waals surface area contributed by atoms with E-state index in [2.05, 4.69) is 10.2 Å². The molecule has 0 radical (unpaired) electrons. The molecule has 3 aromatic rings. The number of nitrogens with one attached hydrogen (secondary N) is 1. The molecule has 5 rings (SSSR count). The van der Waals surface area contributed by atoms with Gasteiger partial charge in [0.05, 0.1) is 14.7 Å². The van der Waals surface area contributed by atoms with Crippen molar-refractivity contribution in [2.24, 2.45) is 4.99 Å². The van der Waals surface area contributed by atoms with Crippen molar-refractivity contribution in [3.63, 3.8) is 0 Å². The van der Waals surface area contributed by atoms with E-state index >= 15 is 0 Å². The van der Waals surface area contributed by atoms with E-state index in [1.54, 1.807) is 24.3 Å². The van der Waals surface area contributed by atoms with Crippen LogP contribution in [-0.2, 0) is 51.9 Å². The highest BCUT2D eigenvalue weighted by molar-refractivity contribution is 7.86. The van der Waals surface area contributed by atoms with E-state index in [4.69, 9.17) is 4.99 Å². The van der Waals surface area contributed by atoms with Gasteiger partial charge in [-0.25, -0.2) is 0 Å². The predicted octanol–water partition coefficient (Wildman–Crippen LogP) is 7.14. The summed E-state index contributed by atoms with van der Waals surface area (Å²) in [5.41, 5.74) is 3.83. The molecular weight excluding hydrogens is 875 g/mol. The highest BCUT2D eigenvalue weighted by Crippen LogP contribution is 2.48. The van der Waals surface area contributed by atoms with Crippen molar-refractivity contribution in [1.82, 2.24) is 10.2 Å². The van der Waals surface area contributed by atoms with E-state index in [0.29, 0.717) is 62.0 Å². The first kappa shape index (κ1) is 49.9. The first-order valence-corrected chi connectivity index (χ1v) is 24.0. The van der Waals surface area contributed by atoms with Crippen LogP contribution in [0.2, 0.25) is 0 Å². The second kappa shape index (κ2) is 20.8. The highest BCUT2D eigenvalue weighted by Gasteiger charge is 2.40. The van der Waals surface area contributed by atoms with Gasteiger partial charge in [0.2, 0.25) is 5.91 Å². The molecule has 2 aliphatic rings. The molecule has 3 amide bonds. The summed E-state index contributed by atoms with van der Waals surface area (Å²) in [4.78, 5) is 54.3. The summed E-state index contributed by atoms with van der Waals surface area (Å²) in [6.07, 6.45) is 15.1. The molecule has 2 aliphatic heterocycles. The Balaban J connectivity index is 1.34. The molecule has 3 N–H and O–H groups in total. The average molecular weight is 930 g/mol. The molecule has 3 aromatic carbocycles. The lowest BCUT2D eigenvalue weighted by atomic mass is 9.77. The lowest BCUT2D eigenvalue weighted by Gasteiger charge is -2.28. The van der Waals surface area contributed by atoms with Gasteiger partial charge in [-0.2, -0.15) is 16.8 Å². The van der Waals surface area contributed by atoms with Crippen molar-refractivity contribution in [3.05, 3.63) is 141 Å². The van der Waals surface area contributed by atoms with Crippen LogP contribution in [0, 0.1) is 17.0 Å². The number of allylic oxidation sites excluding steroid dienone is 6. The largest absolute Gasteiger partial charge is 0.354 e. The van der Waals surface area contributed by atoms with Gasteiger partial charge in [-0.3, -0.25) is 43.5 Å². The van der Waals surface area contributed by atoms with E-state index in [1.807, 2.05) is 65.0 Å². The number of carbonyl (C=O) groups is 3. The van der Waals surface area contributed by atoms with Crippen LogP contribution < -0.4 is 10.2 Å². The van der Waals surface area contributed by atoms with Crippen LogP contribution in [0.25, 0.3) is 0 Å². The second-order valence-electron chi connectivity index (χ2n) is 16.9. The molecule has 0 aliphatic carbocycles. The number of aliphatic imine (C=N–C) groups is 1. The highest BCUT2D eigenvalue weighted by atomic mass is 32.2. The maximum atomic E-state index is 12.5. The zero-order valence-electron chi connectivity index (χ0n) is 37.1. The van der Waals surface area contributed by atoms with E-state index in [9.17, 15) is 50.4 Å². The quantitative estimate of drug-likeness (QED) is 0.0184. The number of aryl methyl sites for hydroxylation is 2. The van der Waals surface area contributed by atoms with E-state index < -0.39 is 47.8 Å². The van der Waals surface area contributed by atoms with Gasteiger partial charge in [0, 0.05) is 84.8 Å². The number of nitro groups is 1. The Morgan fingerprint density at radius 1 is 0.846 bits per heavy atom. The third kappa shape index (κ3) is 12.6. The van der Waals surface area contributed by atoms with E-state index in [-0.39, 0.29) is 40.9 Å². The fourth-order valence-corrected chi connectivity index (χ4v) is 9.00. The van der Waals surface area contributed by atoms with Crippen molar-refractivity contribution >= 4 is 55.0 Å². The second-order valence-corrected chi connectivity index (χ2v) is 19.8. The minimum absolute atomic E-state index is 0.00625. The molecule has 0 unspecified atom stereocenters. The number of imide groups is 1. The number of amides is 3. The van der Waals surface area contributed by atoms with Crippen LogP contribution >= 0.6 is 0 Å². The Labute approximate surface area is 380 Å². The van der Waals surface area contributed by atoms with Crippen molar-refractivity contribution in [3.8, 4) is 0 Å². The SMILES string of the molecule is Cc1ccc(S(=O)(=O)O)cc1C(C)(C)C(/C=C/C=C/C=C1/N(CCCCCC(=O)NCCN2C(=O)C=CC2=O)c2ccc(S(=O)(=O)O)cc2C1(C)C)=N/CCCc1ccc([N+](=O)[O-])cc1. The fourth-order valence-electron chi connectivity index (χ4n) is 7.99. The smallest absolute Gasteiger partial charge is 0.294 e. The number of nitro benzene ring substituents is 1. The third-order valence-electron chi connectivity index (χ3n) is 11.6. The van der Waals surface area contributed by atoms with Crippen LogP contribution in [0.3, 0.4) is 0 Å². The normalized spacial score (nSPS) is 16.1. The number of nitrogens with zero attached hydrogens (tertiary/aromatic N) is 4. The molecule has 0 fully saturated rings. The number of hydrogen-bond acceptors (Lipinski definition) is 11. The number of fused-ring (bicyclic) bond motifs is 1. The lowest BCUT2D eigenvalue weighted by molar-refractivity contribution is -0.384. The van der Waals surface area contributed by atoms with Gasteiger partial charge in [0.25, 0.3) is 37.7 Å². The number of benzene rings is 3. The molecule has 65 heavy (non-hydrogen) atoms. The molecule has 0 bridgehead atoms. The number of hydrogen-bond donors (Lipinski definition) is 3. The molecule has 18 heteroatoms. The summed E-state index contributed by atoms with van der Waals surface area (Å²) in [6, 6.07) is 15.3. The van der Waals surface area contributed by atoms with Gasteiger partial charge >= 0.3 is 0 Å². The number of rotatable bonds is 21. The van der Waals surface area contributed by atoms with Gasteiger partial charge in [-0.15, -0.1) is 0 Å². The lowest BCUT2D eigenvalue weighted by Crippen LogP contribution is -2.38. The van der Waals surface area contributed by atoms with Gasteiger partial charge < -0.3 is 10.2 Å². The van der Waals surface area contributed by atoms with Crippen molar-refractivity contribution in [1.29, 1.82) is 0 Å². The fraction of sp³-hybridized carbons (Fsp3) is 0.362. The molecular formula is C47H55N5O11S2. The Kier molecular flexibility index (Phi) is 16.0. The van der Waals surface area contributed by atoms with Crippen LogP contribution in [0.15, 0.2) is 124 Å². The van der Waals surface area contributed by atoms with Gasteiger partial charge in [0.15, 0.2) is 0 Å². The third-order valence-corrected chi connectivity index (χ3v) is 13.3. The van der Waals surface area contributed by atoms with E-state index in [0.717, 1.165) is 27.4 Å². The summed E-state index contributed by atoms with van der Waals surface area (Å²) >= 11 is 0. The molecule has 0 atom stereocenters. The first-order chi connectivity index (χ1) is 30.5. The van der Waals surface area contributed by atoms with Gasteiger partial charge in [0.1, 0.15) is 0 Å². The van der Waals surface area contributed by atoms with Crippen molar-refractivity contribution < 1.29 is 45.2 Å². The minimum atomic E-state index is -4.49. The standard InChI is InChI=1S/C47H55N5O11S2/c1-33-17-22-36(64(58,59)60)31-38(33)46(2,3)41(48-27-12-13-34-18-20-35(21-19-34)52(56)57)14-8-6-9-15-42-47(4,5)39-32-37(65(61,62)63)23-24-40(39)50(42)29-11-7-10-16-43(53)49-28-30-51-44(54)25-26-45(51)55/h6,8-9,14-15,17-26,31-32H,7,10-13,16,27-30H2,1-5H3,(H,49,53)(H,58,59,60)(H,61,62,63)/b9-6+,14-8+,42-15+,48-41+. The minimum Gasteiger partial charge on any atom is -0.354 e. The summed E-state index contributed by atoms with van der Waals surface area (Å²) < 4.78 is 68.3. The monoisotopic (exact) mass is 929 g/mol. The van der Waals surface area contributed by atoms with Crippen molar-refractivity contribution in [2.75, 3.05) is 31.1 Å². The van der Waals surface area contributed by atoms with Gasteiger partial charge in [-0.05, 0) is 97.3 Å². The summed E-state index contributed by atoms with van der Waals surface area (Å²) in [6.45, 7) is 10.8. The average Bonchev–Trinajstić information content (AvgIpc) is 3.66. The van der Waals surface area contributed by atoms with Crippen LogP contribution in [0.1, 0.15) is 82.1 Å². The Morgan fingerprint density at radius 3 is 2.14 bits per heavy atom. The Bertz CT molecular complexity index is 2680. The van der Waals surface area contributed by atoms with Crippen LogP contribution in [-0.4, -0.2) is 85.4 Å². The molecule has 0 aromatic heterocycles. The zero-order valence-corrected chi connectivity index (χ0v) is 38.7. The number of carbonyl (C=O) groups excluding carboxylic acids is 3. The van der Waals surface area contributed by atoms with Crippen LogP contribution in [0.4, 0.5) is 11.4 Å². The Hall–Kier alpha value is -6.08.